The van der Waals surface area contributed by atoms with Crippen molar-refractivity contribution in [3.05, 3.63) is 90.0 Å². The van der Waals surface area contributed by atoms with E-state index < -0.39 is 11.1 Å². The highest BCUT2D eigenvalue weighted by Gasteiger charge is 2.22. The Kier molecular flexibility index (Phi) is 6.83. The van der Waals surface area contributed by atoms with Crippen LogP contribution in [0.4, 0.5) is 14.5 Å². The largest absolute Gasteiger partial charge is 0.325 e. The van der Waals surface area contributed by atoms with Gasteiger partial charge in [-0.1, -0.05) is 23.9 Å². The molecule has 1 aromatic heterocycles. The summed E-state index contributed by atoms with van der Waals surface area (Å²) in [5.74, 6) is -0.738. The molecule has 0 bridgehead atoms. The zero-order valence-electron chi connectivity index (χ0n) is 18.3. The lowest BCUT2D eigenvalue weighted by atomic mass is 10.1. The quantitative estimate of drug-likeness (QED) is 0.279. The molecular weight excluding hydrogens is 458 g/mol. The van der Waals surface area contributed by atoms with Crippen molar-refractivity contribution >= 4 is 29.1 Å². The number of nitrogens with one attached hydrogen (secondary N) is 1. The van der Waals surface area contributed by atoms with Crippen LogP contribution in [0.3, 0.4) is 0 Å². The third-order valence-corrected chi connectivity index (χ3v) is 6.05. The molecule has 9 heteroatoms. The normalized spacial score (nSPS) is 11.8. The highest BCUT2D eigenvalue weighted by Crippen LogP contribution is 2.31. The van der Waals surface area contributed by atoms with Crippen LogP contribution in [0.15, 0.2) is 78.0 Å². The molecule has 6 nitrogen and oxygen atoms in total. The maximum Gasteiger partial charge on any atom is 0.237 e. The van der Waals surface area contributed by atoms with Crippen molar-refractivity contribution in [2.75, 3.05) is 5.32 Å². The number of nitrogens with zero attached hydrogens (tertiary/aromatic N) is 3. The van der Waals surface area contributed by atoms with Gasteiger partial charge in [-0.15, -0.1) is 10.2 Å². The van der Waals surface area contributed by atoms with Gasteiger partial charge in [-0.3, -0.25) is 14.2 Å². The Hall–Kier alpha value is -3.85. The van der Waals surface area contributed by atoms with Crippen LogP contribution in [-0.4, -0.2) is 31.7 Å². The van der Waals surface area contributed by atoms with Crippen LogP contribution in [0.5, 0.6) is 0 Å². The van der Waals surface area contributed by atoms with Gasteiger partial charge in [0.15, 0.2) is 16.8 Å². The van der Waals surface area contributed by atoms with E-state index in [1.165, 1.54) is 43.0 Å². The van der Waals surface area contributed by atoms with Crippen LogP contribution in [0, 0.1) is 11.6 Å². The molecule has 0 spiro atoms. The van der Waals surface area contributed by atoms with Crippen molar-refractivity contribution in [3.63, 3.8) is 0 Å². The van der Waals surface area contributed by atoms with Gasteiger partial charge < -0.3 is 5.32 Å². The smallest absolute Gasteiger partial charge is 0.237 e. The summed E-state index contributed by atoms with van der Waals surface area (Å²) in [6.07, 6.45) is 0. The van der Waals surface area contributed by atoms with Gasteiger partial charge in [0.25, 0.3) is 0 Å². The predicted octanol–water partition coefficient (Wildman–Crippen LogP) is 5.53. The molecule has 0 saturated heterocycles. The highest BCUT2D eigenvalue weighted by atomic mass is 32.2. The molecule has 34 heavy (non-hydrogen) atoms. The molecule has 1 atom stereocenters. The van der Waals surface area contributed by atoms with E-state index in [2.05, 4.69) is 15.5 Å². The molecule has 172 valence electrons. The molecule has 4 aromatic rings. The van der Waals surface area contributed by atoms with Crippen LogP contribution in [-0.2, 0) is 4.79 Å². The van der Waals surface area contributed by atoms with Gasteiger partial charge in [-0.05, 0) is 74.5 Å². The van der Waals surface area contributed by atoms with Gasteiger partial charge in [0, 0.05) is 22.5 Å². The van der Waals surface area contributed by atoms with Crippen LogP contribution in [0.2, 0.25) is 0 Å². The zero-order chi connectivity index (χ0) is 24.2. The fourth-order valence-electron chi connectivity index (χ4n) is 3.23. The Labute approximate surface area is 199 Å². The van der Waals surface area contributed by atoms with E-state index in [4.69, 9.17) is 0 Å². The predicted molar refractivity (Wildman–Crippen MR) is 127 cm³/mol. The second kappa shape index (κ2) is 9.96. The molecule has 3 aromatic carbocycles. The standard InChI is InChI=1S/C25H20F2N4O2S/c1-15(32)18-4-3-5-21(14-18)28-24(33)16(2)34-25-30-29-23(17-6-8-19(26)9-7-17)31(25)22-12-10-20(27)11-13-22/h3-14,16H,1-2H3,(H,28,33). The van der Waals surface area contributed by atoms with Gasteiger partial charge in [0.05, 0.1) is 5.25 Å². The maximum absolute atomic E-state index is 13.5. The van der Waals surface area contributed by atoms with Crippen LogP contribution in [0.1, 0.15) is 24.2 Å². The molecule has 0 saturated carbocycles. The monoisotopic (exact) mass is 478 g/mol. The van der Waals surface area contributed by atoms with Gasteiger partial charge in [-0.2, -0.15) is 0 Å². The summed E-state index contributed by atoms with van der Waals surface area (Å²) >= 11 is 1.17. The third-order valence-electron chi connectivity index (χ3n) is 5.01. The number of amides is 1. The van der Waals surface area contributed by atoms with E-state index in [1.807, 2.05) is 0 Å². The lowest BCUT2D eigenvalue weighted by Crippen LogP contribution is -2.23. The summed E-state index contributed by atoms with van der Waals surface area (Å²) in [6.45, 7) is 3.18. The molecule has 0 aliphatic carbocycles. The Bertz CT molecular complexity index is 1340. The SMILES string of the molecule is CC(=O)c1cccc(NC(=O)C(C)Sc2nnc(-c3ccc(F)cc3)n2-c2ccc(F)cc2)c1. The Balaban J connectivity index is 1.62. The molecule has 1 heterocycles. The first kappa shape index (κ1) is 23.3. The lowest BCUT2D eigenvalue weighted by Gasteiger charge is -2.14. The molecule has 0 aliphatic rings. The Morgan fingerprint density at radius 2 is 1.59 bits per heavy atom. The summed E-state index contributed by atoms with van der Waals surface area (Å²) in [5.41, 5.74) is 2.22. The average Bonchev–Trinajstić information content (AvgIpc) is 3.23. The number of hydrogen-bond acceptors (Lipinski definition) is 5. The first-order valence-electron chi connectivity index (χ1n) is 10.4. The molecule has 0 radical (unpaired) electrons. The number of benzene rings is 3. The van der Waals surface area contributed by atoms with Crippen molar-refractivity contribution < 1.29 is 18.4 Å². The lowest BCUT2D eigenvalue weighted by molar-refractivity contribution is -0.115. The number of carbonyl (C=O) groups excluding carboxylic acids is 2. The van der Waals surface area contributed by atoms with Gasteiger partial charge in [0.2, 0.25) is 5.91 Å². The molecule has 4 rings (SSSR count). The van der Waals surface area contributed by atoms with Crippen molar-refractivity contribution in [2.45, 2.75) is 24.3 Å². The minimum Gasteiger partial charge on any atom is -0.325 e. The summed E-state index contributed by atoms with van der Waals surface area (Å²) < 4.78 is 28.7. The number of thioether (sulfide) groups is 1. The Morgan fingerprint density at radius 1 is 0.941 bits per heavy atom. The van der Waals surface area contributed by atoms with Gasteiger partial charge in [0.1, 0.15) is 11.6 Å². The summed E-state index contributed by atoms with van der Waals surface area (Å²) in [4.78, 5) is 24.4. The van der Waals surface area contributed by atoms with E-state index in [9.17, 15) is 18.4 Å². The van der Waals surface area contributed by atoms with Crippen LogP contribution >= 0.6 is 11.8 Å². The van der Waals surface area contributed by atoms with E-state index in [0.717, 1.165) is 0 Å². The summed E-state index contributed by atoms with van der Waals surface area (Å²) in [7, 11) is 0. The molecule has 1 N–H and O–H groups in total. The number of Topliss-reactive ketones (excluding diaryl/α,β-unsaturated/α-hetero) is 1. The number of rotatable bonds is 7. The fraction of sp³-hybridized carbons (Fsp3) is 0.120. The molecule has 1 unspecified atom stereocenters. The summed E-state index contributed by atoms with van der Waals surface area (Å²) in [5, 5.41) is 11.1. The molecular formula is C25H20F2N4O2S. The van der Waals surface area contributed by atoms with E-state index in [1.54, 1.807) is 60.0 Å². The number of anilines is 1. The van der Waals surface area contributed by atoms with Crippen LogP contribution in [0.25, 0.3) is 17.1 Å². The number of hydrogen-bond donors (Lipinski definition) is 1. The number of halogens is 2. The topological polar surface area (TPSA) is 76.9 Å². The second-order valence-corrected chi connectivity index (χ2v) is 8.82. The number of aromatic nitrogens is 3. The van der Waals surface area contributed by atoms with Crippen molar-refractivity contribution in [1.29, 1.82) is 0 Å². The third kappa shape index (κ3) is 5.20. The number of ketones is 1. The number of carbonyl (C=O) groups is 2. The van der Waals surface area contributed by atoms with Crippen molar-refractivity contribution in [3.8, 4) is 17.1 Å². The minimum absolute atomic E-state index is 0.0979. The van der Waals surface area contributed by atoms with Crippen molar-refractivity contribution in [1.82, 2.24) is 14.8 Å². The van der Waals surface area contributed by atoms with E-state index >= 15 is 0 Å². The maximum atomic E-state index is 13.5. The zero-order valence-corrected chi connectivity index (χ0v) is 19.1. The van der Waals surface area contributed by atoms with Crippen LogP contribution < -0.4 is 5.32 Å². The molecule has 0 aliphatic heterocycles. The van der Waals surface area contributed by atoms with Gasteiger partial charge >= 0.3 is 0 Å². The highest BCUT2D eigenvalue weighted by molar-refractivity contribution is 8.00. The molecule has 0 fully saturated rings. The first-order chi connectivity index (χ1) is 16.3. The first-order valence-corrected chi connectivity index (χ1v) is 11.3. The summed E-state index contributed by atoms with van der Waals surface area (Å²) in [6, 6.07) is 18.3. The van der Waals surface area contributed by atoms with E-state index in [0.29, 0.717) is 33.5 Å². The minimum atomic E-state index is -0.578. The Morgan fingerprint density at radius 3 is 2.24 bits per heavy atom. The fourth-order valence-corrected chi connectivity index (χ4v) is 4.09. The molecule has 1 amide bonds. The van der Waals surface area contributed by atoms with Crippen molar-refractivity contribution in [2.24, 2.45) is 0 Å². The average molecular weight is 479 g/mol. The van der Waals surface area contributed by atoms with E-state index in [-0.39, 0.29) is 17.5 Å². The van der Waals surface area contributed by atoms with Gasteiger partial charge in [-0.25, -0.2) is 8.78 Å². The second-order valence-electron chi connectivity index (χ2n) is 7.51.